The molecule has 0 spiro atoms. The zero-order valence-corrected chi connectivity index (χ0v) is 33.3. The standard InChI is InChI=1S/C38H64O10Si/c1-24-29(37(22-46-36(8,9)48-37)33(25(2)39)44-21-26-14-16-27(43-11)17-15-26)20-30(47-49(12,13)34(3,4)5)38(41)19-18-28(35(38,6)7)32(31(24)40)45-23-42-10/h14-17,24-25,28-30,32-33,39,41H,18-23H2,1-13H3/t24-,25+,28+,29-,30-,32+,33+,37+,38-/m0/s1. The van der Waals surface area contributed by atoms with E-state index in [9.17, 15) is 15.0 Å². The molecule has 1 aromatic rings. The van der Waals surface area contributed by atoms with Crippen LogP contribution in [-0.4, -0.2) is 93.3 Å². The van der Waals surface area contributed by atoms with Gasteiger partial charge in [-0.25, -0.2) is 0 Å². The van der Waals surface area contributed by atoms with Crippen LogP contribution < -0.4 is 4.74 Å². The third-order valence-corrected chi connectivity index (χ3v) is 16.9. The van der Waals surface area contributed by atoms with Crippen molar-refractivity contribution in [2.45, 2.75) is 148 Å². The molecule has 280 valence electrons. The Hall–Kier alpha value is -1.41. The third-order valence-electron chi connectivity index (χ3n) is 12.4. The lowest BCUT2D eigenvalue weighted by atomic mass is 9.66. The van der Waals surface area contributed by atoms with Crippen molar-refractivity contribution >= 4 is 14.1 Å². The maximum absolute atomic E-state index is 14.9. The summed E-state index contributed by atoms with van der Waals surface area (Å²) < 4.78 is 44.1. The molecule has 49 heavy (non-hydrogen) atoms. The predicted octanol–water partition coefficient (Wildman–Crippen LogP) is 6.25. The number of fused-ring (bicyclic) bond motifs is 2. The molecule has 2 N–H and O–H groups in total. The van der Waals surface area contributed by atoms with Gasteiger partial charge in [0.1, 0.15) is 30.4 Å². The van der Waals surface area contributed by atoms with Crippen LogP contribution in [0.25, 0.3) is 0 Å². The van der Waals surface area contributed by atoms with Crippen LogP contribution in [0.1, 0.15) is 87.1 Å². The minimum atomic E-state index is -2.47. The zero-order chi connectivity index (χ0) is 36.8. The lowest BCUT2D eigenvalue weighted by Gasteiger charge is -2.52. The van der Waals surface area contributed by atoms with E-state index in [1.54, 1.807) is 21.1 Å². The van der Waals surface area contributed by atoms with Crippen molar-refractivity contribution in [3.05, 3.63) is 29.8 Å². The molecule has 1 saturated heterocycles. The first-order valence-electron chi connectivity index (χ1n) is 17.9. The predicted molar refractivity (Wildman–Crippen MR) is 190 cm³/mol. The van der Waals surface area contributed by atoms with E-state index in [0.29, 0.717) is 12.8 Å². The van der Waals surface area contributed by atoms with Gasteiger partial charge in [-0.1, -0.05) is 53.7 Å². The lowest BCUT2D eigenvalue weighted by molar-refractivity contribution is -0.238. The number of hydrogen-bond donors (Lipinski definition) is 2. The fraction of sp³-hybridized carbons (Fsp3) is 0.816. The van der Waals surface area contributed by atoms with E-state index in [2.05, 4.69) is 33.9 Å². The first-order valence-corrected chi connectivity index (χ1v) is 20.8. The van der Waals surface area contributed by atoms with Crippen LogP contribution in [0.2, 0.25) is 18.1 Å². The summed E-state index contributed by atoms with van der Waals surface area (Å²) in [4.78, 5) is 14.9. The highest BCUT2D eigenvalue weighted by atomic mass is 28.4. The highest BCUT2D eigenvalue weighted by molar-refractivity contribution is 6.74. The molecule has 0 radical (unpaired) electrons. The Bertz CT molecular complexity index is 1270. The number of Topliss-reactive ketones (excluding diaryl/α,β-unsaturated/α-hetero) is 1. The quantitative estimate of drug-likeness (QED) is 0.190. The van der Waals surface area contributed by atoms with Crippen molar-refractivity contribution in [2.24, 2.45) is 23.2 Å². The number of benzene rings is 1. The summed E-state index contributed by atoms with van der Waals surface area (Å²) in [5.74, 6) is -1.92. The SMILES string of the molecule is COCO[C@H]1C(=O)[C@@H](C)[C@@H]([C@@]2([C@H](OCc3ccc(OC)cc3)[C@@H](C)O)COC(C)(C)O2)C[C@H](O[Si](C)(C)C(C)(C)C)[C@@]2(O)CC[C@H]1C2(C)C. The summed E-state index contributed by atoms with van der Waals surface area (Å²) >= 11 is 0. The number of aliphatic hydroxyl groups is 2. The Morgan fingerprint density at radius 3 is 2.20 bits per heavy atom. The van der Waals surface area contributed by atoms with Crippen molar-refractivity contribution in [1.82, 2.24) is 0 Å². The molecule has 11 heteroatoms. The van der Waals surface area contributed by atoms with E-state index in [-0.39, 0.29) is 43.2 Å². The van der Waals surface area contributed by atoms with Gasteiger partial charge in [0.15, 0.2) is 19.9 Å². The smallest absolute Gasteiger partial charge is 0.192 e. The zero-order valence-electron chi connectivity index (χ0n) is 32.3. The van der Waals surface area contributed by atoms with Crippen molar-refractivity contribution in [3.8, 4) is 5.75 Å². The molecule has 0 amide bonds. The molecule has 9 atom stereocenters. The second-order valence-electron chi connectivity index (χ2n) is 17.3. The van der Waals surface area contributed by atoms with Crippen LogP contribution in [0, 0.1) is 23.2 Å². The number of carbonyl (C=O) groups is 1. The molecule has 2 aliphatic carbocycles. The van der Waals surface area contributed by atoms with Gasteiger partial charge < -0.3 is 43.1 Å². The minimum Gasteiger partial charge on any atom is -0.497 e. The van der Waals surface area contributed by atoms with Crippen LogP contribution in [0.5, 0.6) is 5.75 Å². The summed E-state index contributed by atoms with van der Waals surface area (Å²) in [7, 11) is 0.689. The molecule has 1 aliphatic heterocycles. The molecule has 0 unspecified atom stereocenters. The van der Waals surface area contributed by atoms with Crippen LogP contribution in [-0.2, 0) is 39.5 Å². The number of ether oxygens (including phenoxy) is 6. The van der Waals surface area contributed by atoms with Gasteiger partial charge in [0.05, 0.1) is 38.1 Å². The van der Waals surface area contributed by atoms with Crippen molar-refractivity contribution in [1.29, 1.82) is 0 Å². The minimum absolute atomic E-state index is 0.0538. The van der Waals surface area contributed by atoms with E-state index < -0.39 is 67.0 Å². The molecule has 3 fully saturated rings. The number of carbonyl (C=O) groups excluding carboxylic acids is 1. The van der Waals surface area contributed by atoms with E-state index >= 15 is 0 Å². The maximum Gasteiger partial charge on any atom is 0.192 e. The fourth-order valence-electron chi connectivity index (χ4n) is 8.34. The van der Waals surface area contributed by atoms with Crippen LogP contribution >= 0.6 is 0 Å². The average molecular weight is 709 g/mol. The number of hydrogen-bond acceptors (Lipinski definition) is 10. The Morgan fingerprint density at radius 1 is 1.06 bits per heavy atom. The normalized spacial score (nSPS) is 34.6. The van der Waals surface area contributed by atoms with E-state index in [1.807, 2.05) is 58.9 Å². The molecule has 1 heterocycles. The summed E-state index contributed by atoms with van der Waals surface area (Å²) in [5.41, 5.74) is -2.43. The Labute approximate surface area is 295 Å². The largest absolute Gasteiger partial charge is 0.497 e. The third kappa shape index (κ3) is 7.71. The Morgan fingerprint density at radius 2 is 1.69 bits per heavy atom. The number of ketones is 1. The molecular formula is C38H64O10Si. The van der Waals surface area contributed by atoms with Gasteiger partial charge in [-0.05, 0) is 75.9 Å². The molecule has 0 aromatic heterocycles. The average Bonchev–Trinajstić information content (AvgIpc) is 3.46. The van der Waals surface area contributed by atoms with E-state index in [1.165, 1.54) is 0 Å². The maximum atomic E-state index is 14.9. The highest BCUT2D eigenvalue weighted by Gasteiger charge is 2.67. The van der Waals surface area contributed by atoms with Gasteiger partial charge in [0.2, 0.25) is 0 Å². The first kappa shape index (κ1) is 40.4. The van der Waals surface area contributed by atoms with Crippen LogP contribution in [0.4, 0.5) is 0 Å². The van der Waals surface area contributed by atoms with Gasteiger partial charge in [0.25, 0.3) is 0 Å². The number of rotatable bonds is 12. The fourth-order valence-corrected chi connectivity index (χ4v) is 9.70. The van der Waals surface area contributed by atoms with Crippen LogP contribution in [0.15, 0.2) is 24.3 Å². The lowest BCUT2D eigenvalue weighted by Crippen LogP contribution is -2.62. The molecular weight excluding hydrogens is 644 g/mol. The summed E-state index contributed by atoms with van der Waals surface area (Å²) in [6, 6.07) is 7.57. The first-order chi connectivity index (χ1) is 22.6. The molecule has 2 saturated carbocycles. The summed E-state index contributed by atoms with van der Waals surface area (Å²) in [5, 5.41) is 24.4. The van der Waals surface area contributed by atoms with Gasteiger partial charge >= 0.3 is 0 Å². The Balaban J connectivity index is 1.90. The summed E-state index contributed by atoms with van der Waals surface area (Å²) in [6.07, 6.45) is -2.02. The molecule has 3 aliphatic rings. The van der Waals surface area contributed by atoms with E-state index in [0.717, 1.165) is 11.3 Å². The number of methoxy groups -OCH3 is 2. The van der Waals surface area contributed by atoms with Crippen molar-refractivity contribution < 1.29 is 47.9 Å². The second kappa shape index (κ2) is 14.5. The van der Waals surface area contributed by atoms with Crippen molar-refractivity contribution in [2.75, 3.05) is 27.6 Å². The number of aliphatic hydroxyl groups excluding tert-OH is 1. The van der Waals surface area contributed by atoms with Gasteiger partial charge in [-0.15, -0.1) is 0 Å². The Kier molecular flexibility index (Phi) is 12.0. The van der Waals surface area contributed by atoms with E-state index in [4.69, 9.17) is 32.8 Å². The van der Waals surface area contributed by atoms with Gasteiger partial charge in [-0.2, -0.15) is 0 Å². The topological polar surface area (TPSA) is 122 Å². The van der Waals surface area contributed by atoms with Crippen LogP contribution in [0.3, 0.4) is 0 Å². The molecule has 4 rings (SSSR count). The molecule has 1 aromatic carbocycles. The molecule has 10 nitrogen and oxygen atoms in total. The summed E-state index contributed by atoms with van der Waals surface area (Å²) in [6.45, 7) is 22.5. The van der Waals surface area contributed by atoms with Gasteiger partial charge in [-0.3, -0.25) is 4.79 Å². The monoisotopic (exact) mass is 708 g/mol. The second-order valence-corrected chi connectivity index (χ2v) is 22.0. The van der Waals surface area contributed by atoms with Crippen molar-refractivity contribution in [3.63, 3.8) is 0 Å². The highest BCUT2D eigenvalue weighted by Crippen LogP contribution is 2.59. The molecule has 2 bridgehead atoms. The van der Waals surface area contributed by atoms with Gasteiger partial charge in [0, 0.05) is 30.3 Å².